The first-order valence-electron chi connectivity index (χ1n) is 8.08. The maximum Gasteiger partial charge on any atom is 0.407 e. The Labute approximate surface area is 143 Å². The molecule has 0 radical (unpaired) electrons. The Morgan fingerprint density at radius 1 is 1.08 bits per heavy atom. The van der Waals surface area contributed by atoms with Crippen molar-refractivity contribution in [3.8, 4) is 11.1 Å². The van der Waals surface area contributed by atoms with Gasteiger partial charge >= 0.3 is 6.09 Å². The molecular weight excluding hydrogens is 323 g/mol. The summed E-state index contributed by atoms with van der Waals surface area (Å²) in [6.07, 6.45) is 2.79. The molecule has 0 spiro atoms. The zero-order valence-corrected chi connectivity index (χ0v) is 13.5. The summed E-state index contributed by atoms with van der Waals surface area (Å²) >= 11 is 0. The Hall–Kier alpha value is -3.09. The fourth-order valence-electron chi connectivity index (χ4n) is 3.19. The van der Waals surface area contributed by atoms with Crippen molar-refractivity contribution < 1.29 is 14.3 Å². The second kappa shape index (κ2) is 6.08. The van der Waals surface area contributed by atoms with Crippen LogP contribution < -0.4 is 4.90 Å². The van der Waals surface area contributed by atoms with E-state index in [1.54, 1.807) is 16.8 Å². The molecule has 1 aliphatic rings. The van der Waals surface area contributed by atoms with Crippen molar-refractivity contribution in [3.05, 3.63) is 54.6 Å². The topological polar surface area (TPSA) is 61.1 Å². The molecule has 1 saturated heterocycles. The molecule has 1 aliphatic heterocycles. The second-order valence-corrected chi connectivity index (χ2v) is 6.04. The number of piperazine rings is 1. The van der Waals surface area contributed by atoms with Crippen LogP contribution in [0.2, 0.25) is 0 Å². The van der Waals surface area contributed by atoms with Crippen molar-refractivity contribution in [1.82, 2.24) is 14.5 Å². The third-order valence-corrected chi connectivity index (χ3v) is 4.54. The number of anilines is 1. The van der Waals surface area contributed by atoms with E-state index in [0.717, 1.165) is 22.3 Å². The van der Waals surface area contributed by atoms with Crippen LogP contribution in [0.5, 0.6) is 0 Å². The third kappa shape index (κ3) is 2.88. The van der Waals surface area contributed by atoms with Crippen LogP contribution in [-0.4, -0.2) is 51.9 Å². The number of rotatable bonds is 2. The average molecular weight is 340 g/mol. The lowest BCUT2D eigenvalue weighted by Crippen LogP contribution is -2.48. The fraction of sp³-hybridized carbons (Fsp3) is 0.222. The Bertz CT molecular complexity index is 932. The van der Waals surface area contributed by atoms with Gasteiger partial charge in [-0.3, -0.25) is 0 Å². The molecule has 1 N–H and O–H groups in total. The summed E-state index contributed by atoms with van der Waals surface area (Å²) in [5, 5.41) is 13.5. The van der Waals surface area contributed by atoms with E-state index in [4.69, 9.17) is 5.11 Å². The lowest BCUT2D eigenvalue weighted by Gasteiger charge is -2.33. The first kappa shape index (κ1) is 15.4. The van der Waals surface area contributed by atoms with Crippen molar-refractivity contribution >= 4 is 17.3 Å². The zero-order valence-electron chi connectivity index (χ0n) is 13.5. The van der Waals surface area contributed by atoms with Crippen molar-refractivity contribution in [2.75, 3.05) is 31.1 Å². The molecule has 25 heavy (non-hydrogen) atoms. The quantitative estimate of drug-likeness (QED) is 0.779. The van der Waals surface area contributed by atoms with Crippen LogP contribution in [-0.2, 0) is 0 Å². The number of carbonyl (C=O) groups is 1. The Morgan fingerprint density at radius 3 is 2.60 bits per heavy atom. The van der Waals surface area contributed by atoms with Gasteiger partial charge in [-0.15, -0.1) is 0 Å². The van der Waals surface area contributed by atoms with Crippen LogP contribution in [0.4, 0.5) is 14.9 Å². The third-order valence-electron chi connectivity index (χ3n) is 4.54. The predicted molar refractivity (Wildman–Crippen MR) is 92.4 cm³/mol. The molecule has 0 unspecified atom stereocenters. The zero-order chi connectivity index (χ0) is 17.4. The normalized spacial score (nSPS) is 14.9. The van der Waals surface area contributed by atoms with Crippen LogP contribution in [0, 0.1) is 5.82 Å². The molecule has 3 heterocycles. The highest BCUT2D eigenvalue weighted by atomic mass is 19.1. The summed E-state index contributed by atoms with van der Waals surface area (Å²) in [6, 6.07) is 10.4. The predicted octanol–water partition coefficient (Wildman–Crippen LogP) is 2.94. The van der Waals surface area contributed by atoms with Gasteiger partial charge in [0, 0.05) is 37.9 Å². The van der Waals surface area contributed by atoms with Gasteiger partial charge in [0.1, 0.15) is 5.82 Å². The lowest BCUT2D eigenvalue weighted by atomic mass is 10.1. The Morgan fingerprint density at radius 2 is 1.88 bits per heavy atom. The number of fused-ring (bicyclic) bond motifs is 1. The monoisotopic (exact) mass is 340 g/mol. The summed E-state index contributed by atoms with van der Waals surface area (Å²) in [4.78, 5) is 14.6. The van der Waals surface area contributed by atoms with E-state index in [0.29, 0.717) is 26.2 Å². The summed E-state index contributed by atoms with van der Waals surface area (Å²) < 4.78 is 15.2. The standard InChI is InChI=1S/C18H17FN4O2/c19-15-3-1-2-13(10-15)14-4-5-16-17(11-20-23(16)12-14)21-6-8-22(9-7-21)18(24)25/h1-5,10-12H,6-9H2,(H,24,25). The van der Waals surface area contributed by atoms with Crippen molar-refractivity contribution in [2.45, 2.75) is 0 Å². The molecule has 6 nitrogen and oxygen atoms in total. The summed E-state index contributed by atoms with van der Waals surface area (Å²) in [7, 11) is 0. The molecule has 128 valence electrons. The number of carboxylic acid groups (broad SMARTS) is 1. The molecule has 1 aromatic carbocycles. The van der Waals surface area contributed by atoms with Gasteiger partial charge in [0.2, 0.25) is 0 Å². The molecule has 3 aromatic rings. The van der Waals surface area contributed by atoms with Crippen molar-refractivity contribution in [2.24, 2.45) is 0 Å². The molecule has 0 aliphatic carbocycles. The van der Waals surface area contributed by atoms with Gasteiger partial charge in [0.15, 0.2) is 0 Å². The first-order valence-corrected chi connectivity index (χ1v) is 8.08. The maximum atomic E-state index is 13.4. The minimum Gasteiger partial charge on any atom is -0.465 e. The SMILES string of the molecule is O=C(O)N1CCN(c2cnn3cc(-c4cccc(F)c4)ccc23)CC1. The molecule has 4 rings (SSSR count). The average Bonchev–Trinajstić information content (AvgIpc) is 3.05. The molecule has 1 amide bonds. The van der Waals surface area contributed by atoms with E-state index in [1.807, 2.05) is 24.4 Å². The number of amides is 1. The van der Waals surface area contributed by atoms with Crippen LogP contribution in [0.25, 0.3) is 16.6 Å². The van der Waals surface area contributed by atoms with Gasteiger partial charge in [-0.05, 0) is 23.8 Å². The summed E-state index contributed by atoms with van der Waals surface area (Å²) in [5.74, 6) is -0.268. The van der Waals surface area contributed by atoms with Gasteiger partial charge in [-0.2, -0.15) is 5.10 Å². The van der Waals surface area contributed by atoms with Gasteiger partial charge in [-0.25, -0.2) is 13.7 Å². The smallest absolute Gasteiger partial charge is 0.407 e. The fourth-order valence-corrected chi connectivity index (χ4v) is 3.19. The lowest BCUT2D eigenvalue weighted by molar-refractivity contribution is 0.142. The van der Waals surface area contributed by atoms with E-state index in [1.165, 1.54) is 17.0 Å². The van der Waals surface area contributed by atoms with E-state index < -0.39 is 6.09 Å². The molecule has 0 saturated carbocycles. The van der Waals surface area contributed by atoms with E-state index >= 15 is 0 Å². The highest BCUT2D eigenvalue weighted by Crippen LogP contribution is 2.26. The van der Waals surface area contributed by atoms with Gasteiger partial charge < -0.3 is 14.9 Å². The molecule has 0 atom stereocenters. The second-order valence-electron chi connectivity index (χ2n) is 6.04. The van der Waals surface area contributed by atoms with Crippen molar-refractivity contribution in [3.63, 3.8) is 0 Å². The maximum absolute atomic E-state index is 13.4. The van der Waals surface area contributed by atoms with Crippen LogP contribution in [0.1, 0.15) is 0 Å². The number of benzene rings is 1. The van der Waals surface area contributed by atoms with Crippen LogP contribution in [0.3, 0.4) is 0 Å². The van der Waals surface area contributed by atoms with Crippen LogP contribution in [0.15, 0.2) is 48.8 Å². The molecule has 1 fully saturated rings. The Kier molecular flexibility index (Phi) is 3.76. The number of pyridine rings is 1. The summed E-state index contributed by atoms with van der Waals surface area (Å²) in [6.45, 7) is 2.24. The number of hydrogen-bond donors (Lipinski definition) is 1. The number of halogens is 1. The Balaban J connectivity index is 1.62. The first-order chi connectivity index (χ1) is 12.1. The molecule has 2 aromatic heterocycles. The van der Waals surface area contributed by atoms with Crippen LogP contribution >= 0.6 is 0 Å². The van der Waals surface area contributed by atoms with E-state index in [-0.39, 0.29) is 5.82 Å². The molecule has 0 bridgehead atoms. The minimum atomic E-state index is -0.876. The van der Waals surface area contributed by atoms with Gasteiger partial charge in [-0.1, -0.05) is 18.2 Å². The van der Waals surface area contributed by atoms with Crippen molar-refractivity contribution in [1.29, 1.82) is 0 Å². The van der Waals surface area contributed by atoms with E-state index in [2.05, 4.69) is 10.00 Å². The molecular formula is C18H17FN4O2. The highest BCUT2D eigenvalue weighted by Gasteiger charge is 2.22. The number of hydrogen-bond acceptors (Lipinski definition) is 3. The largest absolute Gasteiger partial charge is 0.465 e. The summed E-state index contributed by atoms with van der Waals surface area (Å²) in [5.41, 5.74) is 3.62. The number of aromatic nitrogens is 2. The van der Waals surface area contributed by atoms with Gasteiger partial charge in [0.25, 0.3) is 0 Å². The molecule has 7 heteroatoms. The minimum absolute atomic E-state index is 0.268. The highest BCUT2D eigenvalue weighted by molar-refractivity contribution is 5.76. The number of nitrogens with zero attached hydrogens (tertiary/aromatic N) is 4. The van der Waals surface area contributed by atoms with Gasteiger partial charge in [0.05, 0.1) is 17.4 Å². The van der Waals surface area contributed by atoms with E-state index in [9.17, 15) is 9.18 Å².